The SMILES string of the molecule is CCNC(=NCC1CCSCC1)N1CCOC(c2cnn(C)c2)C1.I. The molecule has 2 aliphatic rings. The number of halogens is 1. The second kappa shape index (κ2) is 10.6. The van der Waals surface area contributed by atoms with Crippen LogP contribution in [0.4, 0.5) is 0 Å². The summed E-state index contributed by atoms with van der Waals surface area (Å²) >= 11 is 2.07. The molecule has 3 heterocycles. The van der Waals surface area contributed by atoms with Gasteiger partial charge in [0.1, 0.15) is 6.10 Å². The van der Waals surface area contributed by atoms with Gasteiger partial charge in [-0.15, -0.1) is 24.0 Å². The minimum Gasteiger partial charge on any atom is -0.370 e. The van der Waals surface area contributed by atoms with Gasteiger partial charge in [0.25, 0.3) is 0 Å². The van der Waals surface area contributed by atoms with Crippen LogP contribution in [-0.4, -0.2) is 64.9 Å². The van der Waals surface area contributed by atoms with Gasteiger partial charge in [0.2, 0.25) is 0 Å². The quantitative estimate of drug-likeness (QED) is 0.409. The first-order valence-electron chi connectivity index (χ1n) is 8.97. The van der Waals surface area contributed by atoms with Crippen LogP contribution in [-0.2, 0) is 11.8 Å². The molecule has 0 radical (unpaired) electrons. The number of hydrogen-bond donors (Lipinski definition) is 1. The van der Waals surface area contributed by atoms with E-state index in [1.807, 2.05) is 24.1 Å². The molecule has 3 rings (SSSR count). The zero-order chi connectivity index (χ0) is 16.8. The van der Waals surface area contributed by atoms with Crippen molar-refractivity contribution in [3.8, 4) is 0 Å². The molecule has 2 saturated heterocycles. The Bertz CT molecular complexity index is 547. The van der Waals surface area contributed by atoms with Gasteiger partial charge >= 0.3 is 0 Å². The van der Waals surface area contributed by atoms with Gasteiger partial charge in [0.15, 0.2) is 5.96 Å². The van der Waals surface area contributed by atoms with E-state index in [0.717, 1.165) is 50.2 Å². The molecule has 0 aromatic carbocycles. The van der Waals surface area contributed by atoms with Gasteiger partial charge in [-0.25, -0.2) is 0 Å². The first-order valence-corrected chi connectivity index (χ1v) is 10.1. The second-order valence-corrected chi connectivity index (χ2v) is 7.73. The average molecular weight is 479 g/mol. The van der Waals surface area contributed by atoms with Crippen molar-refractivity contribution in [2.24, 2.45) is 18.0 Å². The van der Waals surface area contributed by atoms with E-state index >= 15 is 0 Å². The summed E-state index contributed by atoms with van der Waals surface area (Å²) in [5, 5.41) is 7.73. The van der Waals surface area contributed by atoms with E-state index in [1.54, 1.807) is 0 Å². The smallest absolute Gasteiger partial charge is 0.194 e. The molecule has 6 nitrogen and oxygen atoms in total. The Hall–Kier alpha value is -0.480. The fourth-order valence-electron chi connectivity index (χ4n) is 3.22. The van der Waals surface area contributed by atoms with Crippen LogP contribution in [0.5, 0.6) is 0 Å². The number of hydrogen-bond acceptors (Lipinski definition) is 4. The molecule has 0 amide bonds. The highest BCUT2D eigenvalue weighted by molar-refractivity contribution is 14.0. The summed E-state index contributed by atoms with van der Waals surface area (Å²) in [6.07, 6.45) is 6.61. The van der Waals surface area contributed by atoms with Crippen molar-refractivity contribution in [2.75, 3.05) is 44.3 Å². The van der Waals surface area contributed by atoms with Crippen molar-refractivity contribution in [3.05, 3.63) is 18.0 Å². The molecular formula is C17H30IN5OS. The molecule has 1 aromatic rings. The minimum atomic E-state index is 0. The third-order valence-corrected chi connectivity index (χ3v) is 5.69. The number of nitrogens with one attached hydrogen (secondary N) is 1. The lowest BCUT2D eigenvalue weighted by molar-refractivity contribution is -0.00806. The summed E-state index contributed by atoms with van der Waals surface area (Å²) in [6, 6.07) is 0. The molecule has 1 N–H and O–H groups in total. The van der Waals surface area contributed by atoms with Crippen LogP contribution in [0, 0.1) is 5.92 Å². The van der Waals surface area contributed by atoms with Crippen molar-refractivity contribution >= 4 is 41.7 Å². The maximum Gasteiger partial charge on any atom is 0.194 e. The Labute approximate surface area is 172 Å². The van der Waals surface area contributed by atoms with Crippen molar-refractivity contribution in [2.45, 2.75) is 25.9 Å². The molecule has 1 atom stereocenters. The predicted octanol–water partition coefficient (Wildman–Crippen LogP) is 2.52. The minimum absolute atomic E-state index is 0. The van der Waals surface area contributed by atoms with Crippen molar-refractivity contribution < 1.29 is 4.74 Å². The van der Waals surface area contributed by atoms with Gasteiger partial charge in [-0.2, -0.15) is 16.9 Å². The average Bonchev–Trinajstić information content (AvgIpc) is 3.06. The molecule has 1 unspecified atom stereocenters. The van der Waals surface area contributed by atoms with Crippen molar-refractivity contribution in [3.63, 3.8) is 0 Å². The van der Waals surface area contributed by atoms with E-state index in [4.69, 9.17) is 9.73 Å². The highest BCUT2D eigenvalue weighted by Gasteiger charge is 2.25. The molecule has 0 bridgehead atoms. The maximum absolute atomic E-state index is 5.95. The number of aryl methyl sites for hydroxylation is 1. The summed E-state index contributed by atoms with van der Waals surface area (Å²) in [5.41, 5.74) is 1.14. The van der Waals surface area contributed by atoms with Gasteiger partial charge in [-0.3, -0.25) is 9.67 Å². The fourth-order valence-corrected chi connectivity index (χ4v) is 4.42. The highest BCUT2D eigenvalue weighted by atomic mass is 127. The summed E-state index contributed by atoms with van der Waals surface area (Å²) in [6.45, 7) is 6.42. The van der Waals surface area contributed by atoms with E-state index in [-0.39, 0.29) is 30.1 Å². The van der Waals surface area contributed by atoms with Crippen molar-refractivity contribution in [1.29, 1.82) is 0 Å². The third kappa shape index (κ3) is 6.02. The van der Waals surface area contributed by atoms with E-state index < -0.39 is 0 Å². The van der Waals surface area contributed by atoms with Crippen LogP contribution in [0.3, 0.4) is 0 Å². The van der Waals surface area contributed by atoms with Gasteiger partial charge in [-0.05, 0) is 37.2 Å². The Balaban J connectivity index is 0.00000225. The monoisotopic (exact) mass is 479 g/mol. The Morgan fingerprint density at radius 3 is 2.92 bits per heavy atom. The lowest BCUT2D eigenvalue weighted by Gasteiger charge is -2.35. The molecular weight excluding hydrogens is 449 g/mol. The number of nitrogens with zero attached hydrogens (tertiary/aromatic N) is 4. The predicted molar refractivity (Wildman–Crippen MR) is 115 cm³/mol. The van der Waals surface area contributed by atoms with Gasteiger partial charge in [0, 0.05) is 38.4 Å². The second-order valence-electron chi connectivity index (χ2n) is 6.50. The number of thioether (sulfide) groups is 1. The largest absolute Gasteiger partial charge is 0.370 e. The summed E-state index contributed by atoms with van der Waals surface area (Å²) in [4.78, 5) is 7.28. The molecule has 0 spiro atoms. The van der Waals surface area contributed by atoms with E-state index in [0.29, 0.717) is 0 Å². The molecule has 0 saturated carbocycles. The summed E-state index contributed by atoms with van der Waals surface area (Å²) in [7, 11) is 1.94. The highest BCUT2D eigenvalue weighted by Crippen LogP contribution is 2.24. The summed E-state index contributed by atoms with van der Waals surface area (Å²) in [5.74, 6) is 4.36. The summed E-state index contributed by atoms with van der Waals surface area (Å²) < 4.78 is 7.78. The molecule has 2 fully saturated rings. The third-order valence-electron chi connectivity index (χ3n) is 4.64. The van der Waals surface area contributed by atoms with Crippen LogP contribution in [0.15, 0.2) is 17.4 Å². The van der Waals surface area contributed by atoms with E-state index in [9.17, 15) is 0 Å². The molecule has 1 aromatic heterocycles. The topological polar surface area (TPSA) is 54.7 Å². The van der Waals surface area contributed by atoms with Crippen LogP contribution in [0.2, 0.25) is 0 Å². The van der Waals surface area contributed by atoms with E-state index in [1.165, 1.54) is 24.3 Å². The fraction of sp³-hybridized carbons (Fsp3) is 0.765. The maximum atomic E-state index is 5.95. The molecule has 25 heavy (non-hydrogen) atoms. The Kier molecular flexibility index (Phi) is 8.84. The number of aliphatic imine (C=N–C) groups is 1. The number of rotatable bonds is 4. The number of morpholine rings is 1. The van der Waals surface area contributed by atoms with Crippen molar-refractivity contribution in [1.82, 2.24) is 20.0 Å². The number of guanidine groups is 1. The number of ether oxygens (including phenoxy) is 1. The molecule has 0 aliphatic carbocycles. The Morgan fingerprint density at radius 2 is 2.24 bits per heavy atom. The first-order chi connectivity index (χ1) is 11.8. The standard InChI is InChI=1S/C17H29N5OS.HI/c1-3-18-17(19-10-14-4-8-24-9-5-14)22-6-7-23-16(13-22)15-11-20-21(2)12-15;/h11-12,14,16H,3-10,13H2,1-2H3,(H,18,19);1H. The zero-order valence-electron chi connectivity index (χ0n) is 15.2. The van der Waals surface area contributed by atoms with Crippen LogP contribution in [0.1, 0.15) is 31.4 Å². The lowest BCUT2D eigenvalue weighted by Crippen LogP contribution is -2.48. The van der Waals surface area contributed by atoms with Crippen LogP contribution >= 0.6 is 35.7 Å². The van der Waals surface area contributed by atoms with Gasteiger partial charge in [-0.1, -0.05) is 0 Å². The van der Waals surface area contributed by atoms with Gasteiger partial charge in [0.05, 0.1) is 19.3 Å². The van der Waals surface area contributed by atoms with E-state index in [2.05, 4.69) is 34.0 Å². The Morgan fingerprint density at radius 1 is 1.44 bits per heavy atom. The normalized spacial score (nSPS) is 22.6. The van der Waals surface area contributed by atoms with Gasteiger partial charge < -0.3 is 15.0 Å². The molecule has 8 heteroatoms. The molecule has 2 aliphatic heterocycles. The van der Waals surface area contributed by atoms with Crippen LogP contribution in [0.25, 0.3) is 0 Å². The number of aromatic nitrogens is 2. The van der Waals surface area contributed by atoms with Crippen LogP contribution < -0.4 is 5.32 Å². The zero-order valence-corrected chi connectivity index (χ0v) is 18.3. The first kappa shape index (κ1) is 20.8. The molecule has 142 valence electrons. The lowest BCUT2D eigenvalue weighted by atomic mass is 10.0.